The van der Waals surface area contributed by atoms with Gasteiger partial charge < -0.3 is 14.5 Å². The Morgan fingerprint density at radius 1 is 1.50 bits per heavy atom. The molecule has 1 fully saturated rings. The molecule has 0 radical (unpaired) electrons. The number of carbonyl (C=O) groups excluding carboxylic acids is 1. The maximum atomic E-state index is 12.1. The summed E-state index contributed by atoms with van der Waals surface area (Å²) in [5, 5.41) is 14.4. The molecule has 104 valence electrons. The molecule has 0 aromatic carbocycles. The maximum Gasteiger partial charge on any atom is 0.303 e. The van der Waals surface area contributed by atoms with Crippen LogP contribution in [0.1, 0.15) is 16.9 Å². The zero-order chi connectivity index (χ0) is 14.1. The van der Waals surface area contributed by atoms with Gasteiger partial charge in [0.1, 0.15) is 0 Å². The number of hydrogen-bond donors (Lipinski definition) is 1. The number of carbonyl (C=O) groups is 2. The molecule has 0 aliphatic carbocycles. The Morgan fingerprint density at radius 2 is 2.30 bits per heavy atom. The third-order valence-electron chi connectivity index (χ3n) is 3.20. The first kappa shape index (κ1) is 12.9. The average molecular weight is 292 g/mol. The number of likely N-dealkylation sites (tertiary alicyclic amines) is 1. The lowest BCUT2D eigenvalue weighted by atomic mass is 9.96. The molecule has 6 nitrogen and oxygen atoms in total. The van der Waals surface area contributed by atoms with E-state index in [4.69, 9.17) is 9.63 Å². The molecule has 3 heterocycles. The van der Waals surface area contributed by atoms with Crippen LogP contribution in [0.3, 0.4) is 0 Å². The van der Waals surface area contributed by atoms with Crippen LogP contribution in [0.25, 0.3) is 10.6 Å². The fraction of sp³-hybridized carbons (Fsp3) is 0.308. The molecule has 7 heteroatoms. The third kappa shape index (κ3) is 2.44. The summed E-state index contributed by atoms with van der Waals surface area (Å²) in [6, 6.07) is 5.42. The standard InChI is InChI=1S/C13H12N2O4S/c16-12(17)4-8-6-15(7-8)13(18)9-5-10(19-14-9)11-2-1-3-20-11/h1-3,5,8H,4,6-7H2,(H,16,17). The Bertz CT molecular complexity index is 629. The first-order valence-electron chi connectivity index (χ1n) is 6.15. The van der Waals surface area contributed by atoms with Gasteiger partial charge in [0.15, 0.2) is 11.5 Å². The summed E-state index contributed by atoms with van der Waals surface area (Å²) in [6.45, 7) is 0.929. The summed E-state index contributed by atoms with van der Waals surface area (Å²) in [6.07, 6.45) is 0.100. The second kappa shape index (κ2) is 5.09. The van der Waals surface area contributed by atoms with Gasteiger partial charge in [-0.2, -0.15) is 0 Å². The lowest BCUT2D eigenvalue weighted by Gasteiger charge is -2.37. The minimum Gasteiger partial charge on any atom is -0.481 e. The van der Waals surface area contributed by atoms with Crippen molar-refractivity contribution in [2.45, 2.75) is 6.42 Å². The van der Waals surface area contributed by atoms with Gasteiger partial charge in [0, 0.05) is 25.1 Å². The van der Waals surface area contributed by atoms with Crippen molar-refractivity contribution < 1.29 is 19.2 Å². The Balaban J connectivity index is 1.63. The molecule has 1 N–H and O–H groups in total. The van der Waals surface area contributed by atoms with Gasteiger partial charge in [0.05, 0.1) is 11.3 Å². The molecule has 1 aliphatic rings. The molecule has 1 amide bonds. The number of hydrogen-bond acceptors (Lipinski definition) is 5. The summed E-state index contributed by atoms with van der Waals surface area (Å²) in [5.41, 5.74) is 0.266. The van der Waals surface area contributed by atoms with Crippen LogP contribution in [0.5, 0.6) is 0 Å². The molecule has 1 saturated heterocycles. The Kier molecular flexibility index (Phi) is 3.27. The Hall–Kier alpha value is -2.15. The van der Waals surface area contributed by atoms with Crippen LogP contribution in [-0.4, -0.2) is 40.1 Å². The molecular weight excluding hydrogens is 280 g/mol. The van der Waals surface area contributed by atoms with E-state index in [-0.39, 0.29) is 23.9 Å². The van der Waals surface area contributed by atoms with Crippen molar-refractivity contribution in [3.63, 3.8) is 0 Å². The second-order valence-electron chi connectivity index (χ2n) is 4.73. The van der Waals surface area contributed by atoms with Crippen LogP contribution < -0.4 is 0 Å². The van der Waals surface area contributed by atoms with E-state index in [0.717, 1.165) is 4.88 Å². The zero-order valence-electron chi connectivity index (χ0n) is 10.5. The average Bonchev–Trinajstić information content (AvgIpc) is 3.01. The van der Waals surface area contributed by atoms with Crippen LogP contribution in [-0.2, 0) is 4.79 Å². The van der Waals surface area contributed by atoms with E-state index in [9.17, 15) is 9.59 Å². The summed E-state index contributed by atoms with van der Waals surface area (Å²) in [5.74, 6) is -0.423. The van der Waals surface area contributed by atoms with Gasteiger partial charge in [0.2, 0.25) is 0 Å². The van der Waals surface area contributed by atoms with E-state index < -0.39 is 5.97 Å². The van der Waals surface area contributed by atoms with E-state index in [2.05, 4.69) is 5.16 Å². The first-order valence-corrected chi connectivity index (χ1v) is 7.03. The molecule has 0 bridgehead atoms. The number of thiophene rings is 1. The highest BCUT2D eigenvalue weighted by molar-refractivity contribution is 7.13. The van der Waals surface area contributed by atoms with Crippen molar-refractivity contribution in [3.05, 3.63) is 29.3 Å². The van der Waals surface area contributed by atoms with E-state index in [0.29, 0.717) is 18.8 Å². The minimum absolute atomic E-state index is 0.0418. The van der Waals surface area contributed by atoms with Crippen molar-refractivity contribution in [3.8, 4) is 10.6 Å². The second-order valence-corrected chi connectivity index (χ2v) is 5.68. The number of carboxylic acids is 1. The SMILES string of the molecule is O=C(O)CC1CN(C(=O)c2cc(-c3cccs3)on2)C1. The van der Waals surface area contributed by atoms with Crippen LogP contribution in [0.2, 0.25) is 0 Å². The number of nitrogens with zero attached hydrogens (tertiary/aromatic N) is 2. The fourth-order valence-corrected chi connectivity index (χ4v) is 2.86. The van der Waals surface area contributed by atoms with E-state index >= 15 is 0 Å². The van der Waals surface area contributed by atoms with E-state index in [1.54, 1.807) is 11.0 Å². The topological polar surface area (TPSA) is 83.6 Å². The van der Waals surface area contributed by atoms with Crippen LogP contribution >= 0.6 is 11.3 Å². The van der Waals surface area contributed by atoms with Gasteiger partial charge >= 0.3 is 5.97 Å². The summed E-state index contributed by atoms with van der Waals surface area (Å²) < 4.78 is 5.16. The fourth-order valence-electron chi connectivity index (χ4n) is 2.18. The molecule has 0 atom stereocenters. The van der Waals surface area contributed by atoms with Crippen molar-refractivity contribution in [1.29, 1.82) is 0 Å². The number of aliphatic carboxylic acids is 1. The predicted molar refractivity (Wildman–Crippen MR) is 71.5 cm³/mol. The van der Waals surface area contributed by atoms with Crippen LogP contribution in [0.15, 0.2) is 28.1 Å². The summed E-state index contributed by atoms with van der Waals surface area (Å²) in [7, 11) is 0. The van der Waals surface area contributed by atoms with Crippen LogP contribution in [0, 0.1) is 5.92 Å². The number of rotatable bonds is 4. The number of carboxylic acid groups (broad SMARTS) is 1. The number of amides is 1. The van der Waals surface area contributed by atoms with Gasteiger partial charge in [-0.15, -0.1) is 11.3 Å². The lowest BCUT2D eigenvalue weighted by molar-refractivity contribution is -0.139. The van der Waals surface area contributed by atoms with Crippen LogP contribution in [0.4, 0.5) is 0 Å². The molecule has 0 saturated carbocycles. The number of aromatic nitrogens is 1. The molecule has 3 rings (SSSR count). The first-order chi connectivity index (χ1) is 9.63. The zero-order valence-corrected chi connectivity index (χ0v) is 11.3. The largest absolute Gasteiger partial charge is 0.481 e. The monoisotopic (exact) mass is 292 g/mol. The molecule has 2 aromatic heterocycles. The highest BCUT2D eigenvalue weighted by atomic mass is 32.1. The molecule has 20 heavy (non-hydrogen) atoms. The molecular formula is C13H12N2O4S. The van der Waals surface area contributed by atoms with Crippen molar-refractivity contribution >= 4 is 23.2 Å². The summed E-state index contributed by atoms with van der Waals surface area (Å²) in [4.78, 5) is 25.2. The molecule has 0 unspecified atom stereocenters. The lowest BCUT2D eigenvalue weighted by Crippen LogP contribution is -2.50. The highest BCUT2D eigenvalue weighted by Gasteiger charge is 2.33. The van der Waals surface area contributed by atoms with Gasteiger partial charge in [-0.05, 0) is 11.4 Å². The van der Waals surface area contributed by atoms with Gasteiger partial charge in [0.25, 0.3) is 5.91 Å². The summed E-state index contributed by atoms with van der Waals surface area (Å²) >= 11 is 1.51. The van der Waals surface area contributed by atoms with Crippen molar-refractivity contribution in [1.82, 2.24) is 10.1 Å². The third-order valence-corrected chi connectivity index (χ3v) is 4.09. The Labute approximate surface area is 118 Å². The smallest absolute Gasteiger partial charge is 0.303 e. The maximum absolute atomic E-state index is 12.1. The quantitative estimate of drug-likeness (QED) is 0.931. The van der Waals surface area contributed by atoms with E-state index in [1.807, 2.05) is 17.5 Å². The molecule has 1 aliphatic heterocycles. The molecule has 0 spiro atoms. The van der Waals surface area contributed by atoms with Gasteiger partial charge in [-0.1, -0.05) is 11.2 Å². The normalized spacial score (nSPS) is 15.1. The van der Waals surface area contributed by atoms with Gasteiger partial charge in [-0.3, -0.25) is 9.59 Å². The van der Waals surface area contributed by atoms with E-state index in [1.165, 1.54) is 11.3 Å². The highest BCUT2D eigenvalue weighted by Crippen LogP contribution is 2.27. The van der Waals surface area contributed by atoms with Crippen molar-refractivity contribution in [2.75, 3.05) is 13.1 Å². The minimum atomic E-state index is -0.830. The predicted octanol–water partition coefficient (Wildman–Crippen LogP) is 1.95. The Morgan fingerprint density at radius 3 is 2.95 bits per heavy atom. The van der Waals surface area contributed by atoms with Crippen molar-refractivity contribution in [2.24, 2.45) is 5.92 Å². The van der Waals surface area contributed by atoms with Gasteiger partial charge in [-0.25, -0.2) is 0 Å². The molecule has 2 aromatic rings.